The molecule has 0 heterocycles. The summed E-state index contributed by atoms with van der Waals surface area (Å²) in [5.41, 5.74) is -0.298. The Kier molecular flexibility index (Phi) is 7.64. The summed E-state index contributed by atoms with van der Waals surface area (Å²) in [5, 5.41) is 13.8. The van der Waals surface area contributed by atoms with Gasteiger partial charge in [0.05, 0.1) is 24.6 Å². The summed E-state index contributed by atoms with van der Waals surface area (Å²) in [6, 6.07) is 4.06. The third-order valence-electron chi connectivity index (χ3n) is 3.23. The van der Waals surface area contributed by atoms with Crippen molar-refractivity contribution in [2.24, 2.45) is 0 Å². The van der Waals surface area contributed by atoms with Gasteiger partial charge in [-0.2, -0.15) is 0 Å². The van der Waals surface area contributed by atoms with Crippen LogP contribution in [0.15, 0.2) is 18.2 Å². The van der Waals surface area contributed by atoms with Crippen molar-refractivity contribution in [3.8, 4) is 11.5 Å². The highest BCUT2D eigenvalue weighted by molar-refractivity contribution is 5.85. The van der Waals surface area contributed by atoms with Crippen molar-refractivity contribution in [1.29, 1.82) is 0 Å². The summed E-state index contributed by atoms with van der Waals surface area (Å²) < 4.78 is 10.2. The molecule has 0 bridgehead atoms. The molecule has 2 amide bonds. The molecule has 1 N–H and O–H groups in total. The fourth-order valence-corrected chi connectivity index (χ4v) is 2.04. The molecule has 0 unspecified atom stereocenters. The van der Waals surface area contributed by atoms with E-state index in [9.17, 15) is 19.7 Å². The van der Waals surface area contributed by atoms with Crippen LogP contribution >= 0.6 is 0 Å². The topological polar surface area (TPSA) is 111 Å². The molecule has 1 rings (SSSR count). The Morgan fingerprint density at radius 2 is 2.04 bits per heavy atom. The maximum atomic E-state index is 12.2. The average Bonchev–Trinajstić information content (AvgIpc) is 2.56. The lowest BCUT2D eigenvalue weighted by Gasteiger charge is -2.21. The molecule has 0 saturated heterocycles. The number of nitro benzene ring substituents is 1. The van der Waals surface area contributed by atoms with Crippen LogP contribution in [0.25, 0.3) is 0 Å². The van der Waals surface area contributed by atoms with Gasteiger partial charge in [-0.25, -0.2) is 0 Å². The van der Waals surface area contributed by atoms with E-state index >= 15 is 0 Å². The number of amides is 2. The maximum Gasteiger partial charge on any atom is 0.314 e. The minimum Gasteiger partial charge on any atom is -0.496 e. The molecule has 0 aliphatic heterocycles. The summed E-state index contributed by atoms with van der Waals surface area (Å²) in [6.45, 7) is 5.19. The quantitative estimate of drug-likeness (QED) is 0.530. The fraction of sp³-hybridized carbons (Fsp3) is 0.500. The van der Waals surface area contributed by atoms with E-state index in [2.05, 4.69) is 5.32 Å². The summed E-state index contributed by atoms with van der Waals surface area (Å²) in [6.07, 6.45) is 0. The zero-order chi connectivity index (χ0) is 19.0. The van der Waals surface area contributed by atoms with Crippen LogP contribution in [-0.4, -0.2) is 54.5 Å². The van der Waals surface area contributed by atoms with Crippen LogP contribution in [-0.2, 0) is 9.59 Å². The van der Waals surface area contributed by atoms with Crippen LogP contribution in [0, 0.1) is 10.1 Å². The molecule has 138 valence electrons. The van der Waals surface area contributed by atoms with E-state index in [1.807, 2.05) is 13.8 Å². The van der Waals surface area contributed by atoms with Gasteiger partial charge < -0.3 is 19.7 Å². The van der Waals surface area contributed by atoms with Crippen molar-refractivity contribution < 1.29 is 24.0 Å². The molecule has 0 atom stereocenters. The smallest absolute Gasteiger partial charge is 0.314 e. The lowest BCUT2D eigenvalue weighted by molar-refractivity contribution is -0.385. The van der Waals surface area contributed by atoms with Crippen LogP contribution in [0.4, 0.5) is 5.69 Å². The van der Waals surface area contributed by atoms with E-state index in [1.54, 1.807) is 6.92 Å². The van der Waals surface area contributed by atoms with Crippen LogP contribution < -0.4 is 14.8 Å². The first-order valence-electron chi connectivity index (χ1n) is 7.80. The summed E-state index contributed by atoms with van der Waals surface area (Å²) in [4.78, 5) is 35.8. The molecule has 0 aromatic heterocycles. The number of rotatable bonds is 9. The zero-order valence-corrected chi connectivity index (χ0v) is 14.8. The fourth-order valence-electron chi connectivity index (χ4n) is 2.04. The molecular weight excluding hydrogens is 330 g/mol. The van der Waals surface area contributed by atoms with Gasteiger partial charge >= 0.3 is 5.69 Å². The van der Waals surface area contributed by atoms with Gasteiger partial charge in [-0.15, -0.1) is 0 Å². The van der Waals surface area contributed by atoms with Gasteiger partial charge in [0, 0.05) is 12.6 Å². The van der Waals surface area contributed by atoms with Gasteiger partial charge in [-0.1, -0.05) is 0 Å². The van der Waals surface area contributed by atoms with Crippen molar-refractivity contribution in [2.75, 3.05) is 26.8 Å². The Hall–Kier alpha value is -2.84. The van der Waals surface area contributed by atoms with E-state index in [0.29, 0.717) is 12.3 Å². The number of likely N-dealkylation sites (N-methyl/N-ethyl adjacent to an activating group) is 1. The monoisotopic (exact) mass is 353 g/mol. The number of benzene rings is 1. The van der Waals surface area contributed by atoms with Gasteiger partial charge in [-0.05, 0) is 32.9 Å². The summed E-state index contributed by atoms with van der Waals surface area (Å²) >= 11 is 0. The Morgan fingerprint density at radius 3 is 2.56 bits per heavy atom. The van der Waals surface area contributed by atoms with Crippen molar-refractivity contribution in [2.45, 2.75) is 26.8 Å². The van der Waals surface area contributed by atoms with E-state index in [0.717, 1.165) is 0 Å². The number of nitrogens with zero attached hydrogens (tertiary/aromatic N) is 2. The maximum absolute atomic E-state index is 12.2. The second kappa shape index (κ2) is 9.45. The van der Waals surface area contributed by atoms with Gasteiger partial charge in [0.15, 0.2) is 12.4 Å². The van der Waals surface area contributed by atoms with Crippen molar-refractivity contribution >= 4 is 17.5 Å². The molecule has 9 nitrogen and oxygen atoms in total. The van der Waals surface area contributed by atoms with Crippen molar-refractivity contribution in [1.82, 2.24) is 10.2 Å². The summed E-state index contributed by atoms with van der Waals surface area (Å²) in [5.74, 6) is -0.445. The number of carbonyl (C=O) groups excluding carboxylic acids is 2. The first kappa shape index (κ1) is 20.2. The standard InChI is InChI=1S/C16H23N3O6/c1-5-18(9-15(20)17-11(2)3)16(21)10-25-14-7-6-12(24-4)8-13(14)19(22)23/h6-8,11H,5,9-10H2,1-4H3,(H,17,20). The number of nitrogens with one attached hydrogen (secondary N) is 1. The highest BCUT2D eigenvalue weighted by atomic mass is 16.6. The number of methoxy groups -OCH3 is 1. The Balaban J connectivity index is 2.74. The lowest BCUT2D eigenvalue weighted by atomic mass is 10.3. The second-order valence-corrected chi connectivity index (χ2v) is 5.51. The van der Waals surface area contributed by atoms with Crippen LogP contribution in [0.2, 0.25) is 0 Å². The van der Waals surface area contributed by atoms with Crippen LogP contribution in [0.5, 0.6) is 11.5 Å². The molecular formula is C16H23N3O6. The Labute approximate surface area is 146 Å². The van der Waals surface area contributed by atoms with E-state index in [1.165, 1.54) is 30.2 Å². The normalized spacial score (nSPS) is 10.3. The number of hydrogen-bond donors (Lipinski definition) is 1. The molecule has 0 saturated carbocycles. The van der Waals surface area contributed by atoms with E-state index in [-0.39, 0.29) is 29.9 Å². The molecule has 0 spiro atoms. The molecule has 0 aliphatic carbocycles. The van der Waals surface area contributed by atoms with Gasteiger partial charge in [0.1, 0.15) is 5.75 Å². The third kappa shape index (κ3) is 6.28. The molecule has 0 aliphatic rings. The molecule has 25 heavy (non-hydrogen) atoms. The number of carbonyl (C=O) groups is 2. The molecule has 1 aromatic rings. The second-order valence-electron chi connectivity index (χ2n) is 5.51. The Morgan fingerprint density at radius 1 is 1.36 bits per heavy atom. The van der Waals surface area contributed by atoms with Crippen LogP contribution in [0.3, 0.4) is 0 Å². The van der Waals surface area contributed by atoms with E-state index in [4.69, 9.17) is 9.47 Å². The SMILES string of the molecule is CCN(CC(=O)NC(C)C)C(=O)COc1ccc(OC)cc1[N+](=O)[O-]. The molecule has 0 radical (unpaired) electrons. The number of ether oxygens (including phenoxy) is 2. The highest BCUT2D eigenvalue weighted by Crippen LogP contribution is 2.30. The largest absolute Gasteiger partial charge is 0.496 e. The van der Waals surface area contributed by atoms with Crippen molar-refractivity contribution in [3.05, 3.63) is 28.3 Å². The zero-order valence-electron chi connectivity index (χ0n) is 14.8. The molecule has 1 aromatic carbocycles. The van der Waals surface area contributed by atoms with Gasteiger partial charge in [0.25, 0.3) is 5.91 Å². The minimum atomic E-state index is -0.615. The van der Waals surface area contributed by atoms with Gasteiger partial charge in [0.2, 0.25) is 5.91 Å². The number of nitro groups is 1. The molecule has 9 heteroatoms. The van der Waals surface area contributed by atoms with Crippen molar-refractivity contribution in [3.63, 3.8) is 0 Å². The number of hydrogen-bond acceptors (Lipinski definition) is 6. The predicted octanol–water partition coefficient (Wildman–Crippen LogP) is 1.36. The predicted molar refractivity (Wildman–Crippen MR) is 90.7 cm³/mol. The molecule has 0 fully saturated rings. The van der Waals surface area contributed by atoms with E-state index < -0.39 is 17.4 Å². The first-order chi connectivity index (χ1) is 11.8. The Bertz CT molecular complexity index is 632. The van der Waals surface area contributed by atoms with Crippen LogP contribution in [0.1, 0.15) is 20.8 Å². The summed E-state index contributed by atoms with van der Waals surface area (Å²) in [7, 11) is 1.39. The first-order valence-corrected chi connectivity index (χ1v) is 7.80. The van der Waals surface area contributed by atoms with Gasteiger partial charge in [-0.3, -0.25) is 19.7 Å². The minimum absolute atomic E-state index is 0.0282. The lowest BCUT2D eigenvalue weighted by Crippen LogP contribution is -2.44. The highest BCUT2D eigenvalue weighted by Gasteiger charge is 2.20. The third-order valence-corrected chi connectivity index (χ3v) is 3.23. The average molecular weight is 353 g/mol.